The van der Waals surface area contributed by atoms with E-state index < -0.39 is 28.5 Å². The van der Waals surface area contributed by atoms with E-state index in [1.807, 2.05) is 6.92 Å². The van der Waals surface area contributed by atoms with Crippen LogP contribution in [-0.4, -0.2) is 51.4 Å². The molecule has 0 aromatic heterocycles. The van der Waals surface area contributed by atoms with Crippen LogP contribution >= 0.6 is 34.8 Å². The molecule has 1 N–H and O–H groups in total. The van der Waals surface area contributed by atoms with Gasteiger partial charge in [0.15, 0.2) is 0 Å². The van der Waals surface area contributed by atoms with Crippen LogP contribution in [0.4, 0.5) is 5.69 Å². The number of nitrogens with zero attached hydrogens (tertiary/aromatic N) is 2. The summed E-state index contributed by atoms with van der Waals surface area (Å²) in [6.07, 6.45) is 1.91. The Kier molecular flexibility index (Phi) is 12.4. The number of carbonyl (C=O) groups excluding carboxylic acids is 2. The molecule has 42 heavy (non-hydrogen) atoms. The number of ether oxygens (including phenoxy) is 1. The van der Waals surface area contributed by atoms with Gasteiger partial charge in [-0.25, -0.2) is 8.42 Å². The molecule has 0 aliphatic rings. The van der Waals surface area contributed by atoms with E-state index in [2.05, 4.69) is 5.32 Å². The van der Waals surface area contributed by atoms with Gasteiger partial charge in [-0.1, -0.05) is 79.3 Å². The Bertz CT molecular complexity index is 1470. The molecule has 226 valence electrons. The quantitative estimate of drug-likeness (QED) is 0.198. The summed E-state index contributed by atoms with van der Waals surface area (Å²) in [7, 11) is -2.91. The van der Waals surface area contributed by atoms with Crippen LogP contribution < -0.4 is 14.4 Å². The fourth-order valence-corrected chi connectivity index (χ4v) is 6.49. The van der Waals surface area contributed by atoms with Crippen molar-refractivity contribution in [2.45, 2.75) is 50.6 Å². The van der Waals surface area contributed by atoms with Crippen molar-refractivity contribution in [3.8, 4) is 5.75 Å². The van der Waals surface area contributed by atoms with Crippen molar-refractivity contribution in [3.63, 3.8) is 0 Å². The molecule has 2 amide bonds. The molecule has 1 atom stereocenters. The summed E-state index contributed by atoms with van der Waals surface area (Å²) < 4.78 is 34.4. The minimum absolute atomic E-state index is 0.0372. The Balaban J connectivity index is 2.13. The van der Waals surface area contributed by atoms with Crippen LogP contribution in [0.5, 0.6) is 5.75 Å². The van der Waals surface area contributed by atoms with Crippen LogP contribution in [-0.2, 0) is 26.2 Å². The zero-order chi connectivity index (χ0) is 30.9. The number of nitrogens with one attached hydrogen (secondary N) is 1. The van der Waals surface area contributed by atoms with Gasteiger partial charge < -0.3 is 15.0 Å². The van der Waals surface area contributed by atoms with Crippen LogP contribution in [0.25, 0.3) is 0 Å². The van der Waals surface area contributed by atoms with Crippen LogP contribution in [0.3, 0.4) is 0 Å². The number of carbonyl (C=O) groups is 2. The third-order valence-electron chi connectivity index (χ3n) is 6.63. The SMILES string of the molecule is CCCCNC(=O)C(CC)N(Cc1c(Cl)cccc1Cl)C(=O)CN(c1cc(Cl)ccc1OC)S(=O)(=O)c1ccccc1. The number of methoxy groups -OCH3 is 1. The molecule has 3 aromatic rings. The predicted octanol–water partition coefficient (Wildman–Crippen LogP) is 6.57. The van der Waals surface area contributed by atoms with Crippen LogP contribution in [0, 0.1) is 0 Å². The van der Waals surface area contributed by atoms with Crippen molar-refractivity contribution in [1.29, 1.82) is 0 Å². The maximum Gasteiger partial charge on any atom is 0.264 e. The molecule has 12 heteroatoms. The number of hydrogen-bond acceptors (Lipinski definition) is 5. The molecule has 8 nitrogen and oxygen atoms in total. The second kappa shape index (κ2) is 15.5. The number of sulfonamides is 1. The second-order valence-corrected chi connectivity index (χ2v) is 12.5. The van der Waals surface area contributed by atoms with Crippen LogP contribution in [0.15, 0.2) is 71.6 Å². The zero-order valence-corrected chi connectivity index (χ0v) is 26.7. The molecule has 0 aliphatic carbocycles. The first-order valence-corrected chi connectivity index (χ1v) is 16.0. The highest BCUT2D eigenvalue weighted by Crippen LogP contribution is 2.35. The first kappa shape index (κ1) is 33.5. The van der Waals surface area contributed by atoms with Gasteiger partial charge >= 0.3 is 0 Å². The van der Waals surface area contributed by atoms with Gasteiger partial charge in [0.25, 0.3) is 10.0 Å². The summed E-state index contributed by atoms with van der Waals surface area (Å²) in [6, 6.07) is 16.2. The third-order valence-corrected chi connectivity index (χ3v) is 9.34. The lowest BCUT2D eigenvalue weighted by molar-refractivity contribution is -0.140. The highest BCUT2D eigenvalue weighted by Gasteiger charge is 2.35. The lowest BCUT2D eigenvalue weighted by atomic mass is 10.1. The smallest absolute Gasteiger partial charge is 0.264 e. The fourth-order valence-electron chi connectivity index (χ4n) is 4.37. The van der Waals surface area contributed by atoms with Crippen molar-refractivity contribution in [1.82, 2.24) is 10.2 Å². The summed E-state index contributed by atoms with van der Waals surface area (Å²) in [4.78, 5) is 28.8. The van der Waals surface area contributed by atoms with E-state index in [0.29, 0.717) is 22.2 Å². The van der Waals surface area contributed by atoms with E-state index in [9.17, 15) is 18.0 Å². The highest BCUT2D eigenvalue weighted by molar-refractivity contribution is 7.92. The molecule has 1 unspecified atom stereocenters. The van der Waals surface area contributed by atoms with E-state index in [1.54, 1.807) is 49.4 Å². The average Bonchev–Trinajstić information content (AvgIpc) is 2.97. The third kappa shape index (κ3) is 8.10. The van der Waals surface area contributed by atoms with E-state index in [1.165, 1.54) is 36.3 Å². The Hall–Kier alpha value is -2.98. The average molecular weight is 655 g/mol. The number of benzene rings is 3. The monoisotopic (exact) mass is 653 g/mol. The van der Waals surface area contributed by atoms with Crippen molar-refractivity contribution >= 4 is 62.3 Å². The molecule has 0 fully saturated rings. The molecule has 0 saturated carbocycles. The number of hydrogen-bond donors (Lipinski definition) is 1. The molecular weight excluding hydrogens is 621 g/mol. The molecule has 0 aliphatic heterocycles. The zero-order valence-electron chi connectivity index (χ0n) is 23.6. The predicted molar refractivity (Wildman–Crippen MR) is 168 cm³/mol. The highest BCUT2D eigenvalue weighted by atomic mass is 35.5. The standard InChI is InChI=1S/C30H34Cl3N3O5S/c1-4-6-17-34-30(38)26(5-2)35(19-23-24(32)13-10-14-25(23)33)29(37)20-36(27-18-21(31)15-16-28(27)41-3)42(39,40)22-11-8-7-9-12-22/h7-16,18,26H,4-6,17,19-20H2,1-3H3,(H,34,38). The van der Waals surface area contributed by atoms with Crippen molar-refractivity contribution in [2.75, 3.05) is 24.5 Å². The number of anilines is 1. The Labute approximate surface area is 262 Å². The van der Waals surface area contributed by atoms with Gasteiger partial charge in [0, 0.05) is 33.7 Å². The van der Waals surface area contributed by atoms with Crippen molar-refractivity contribution in [3.05, 3.63) is 87.4 Å². The minimum atomic E-state index is -4.30. The van der Waals surface area contributed by atoms with Gasteiger partial charge in [0.05, 0.1) is 17.7 Å². The normalized spacial score (nSPS) is 12.0. The topological polar surface area (TPSA) is 96.0 Å². The molecule has 0 spiro atoms. The van der Waals surface area contributed by atoms with Crippen molar-refractivity contribution < 1.29 is 22.7 Å². The van der Waals surface area contributed by atoms with E-state index >= 15 is 0 Å². The molecule has 0 bridgehead atoms. The van der Waals surface area contributed by atoms with Crippen LogP contribution in [0.1, 0.15) is 38.7 Å². The Morgan fingerprint density at radius 2 is 1.62 bits per heavy atom. The summed E-state index contributed by atoms with van der Waals surface area (Å²) in [6.45, 7) is 3.44. The Morgan fingerprint density at radius 1 is 0.952 bits per heavy atom. The van der Waals surface area contributed by atoms with Gasteiger partial charge in [0.1, 0.15) is 18.3 Å². The molecule has 3 aromatic carbocycles. The lowest BCUT2D eigenvalue weighted by Crippen LogP contribution is -2.52. The van der Waals surface area contributed by atoms with Gasteiger partial charge in [-0.2, -0.15) is 0 Å². The summed E-state index contributed by atoms with van der Waals surface area (Å²) >= 11 is 19.2. The van der Waals surface area contributed by atoms with Gasteiger partial charge in [-0.05, 0) is 55.3 Å². The molecule has 0 radical (unpaired) electrons. The van der Waals surface area contributed by atoms with E-state index in [-0.39, 0.29) is 40.2 Å². The maximum absolute atomic E-state index is 14.2. The van der Waals surface area contributed by atoms with Gasteiger partial charge in [-0.3, -0.25) is 13.9 Å². The summed E-state index contributed by atoms with van der Waals surface area (Å²) in [5.74, 6) is -0.818. The first-order chi connectivity index (χ1) is 20.0. The van der Waals surface area contributed by atoms with E-state index in [4.69, 9.17) is 39.5 Å². The Morgan fingerprint density at radius 3 is 2.21 bits per heavy atom. The number of rotatable bonds is 14. The summed E-state index contributed by atoms with van der Waals surface area (Å²) in [5, 5.41) is 3.75. The molecule has 0 saturated heterocycles. The minimum Gasteiger partial charge on any atom is -0.495 e. The molecular formula is C30H34Cl3N3O5S. The first-order valence-electron chi connectivity index (χ1n) is 13.5. The van der Waals surface area contributed by atoms with E-state index in [0.717, 1.165) is 17.1 Å². The van der Waals surface area contributed by atoms with Gasteiger partial charge in [-0.15, -0.1) is 0 Å². The molecule has 3 rings (SSSR count). The summed E-state index contributed by atoms with van der Waals surface area (Å²) in [5.41, 5.74) is 0.505. The second-order valence-electron chi connectivity index (χ2n) is 9.43. The fraction of sp³-hybridized carbons (Fsp3) is 0.333. The number of halogens is 3. The maximum atomic E-state index is 14.2. The van der Waals surface area contributed by atoms with Crippen LogP contribution in [0.2, 0.25) is 15.1 Å². The number of unbranched alkanes of at least 4 members (excludes halogenated alkanes) is 1. The largest absolute Gasteiger partial charge is 0.495 e. The number of amides is 2. The lowest BCUT2D eigenvalue weighted by Gasteiger charge is -2.34. The van der Waals surface area contributed by atoms with Crippen molar-refractivity contribution in [2.24, 2.45) is 0 Å². The molecule has 0 heterocycles. The van der Waals surface area contributed by atoms with Gasteiger partial charge in [0.2, 0.25) is 11.8 Å².